The molecule has 2 heterocycles. The molecule has 1 aliphatic heterocycles. The minimum atomic E-state index is -0.112. The van der Waals surface area contributed by atoms with Crippen LogP contribution in [0.25, 0.3) is 0 Å². The molecule has 96 valence electrons. The van der Waals surface area contributed by atoms with E-state index >= 15 is 0 Å². The highest BCUT2D eigenvalue weighted by Crippen LogP contribution is 2.23. The zero-order chi connectivity index (χ0) is 12.3. The summed E-state index contributed by atoms with van der Waals surface area (Å²) in [7, 11) is 0. The van der Waals surface area contributed by atoms with Gasteiger partial charge in [-0.3, -0.25) is 0 Å². The molecule has 0 aromatic carbocycles. The zero-order valence-corrected chi connectivity index (χ0v) is 11.4. The van der Waals surface area contributed by atoms with Crippen molar-refractivity contribution < 1.29 is 9.47 Å². The molecule has 1 saturated heterocycles. The van der Waals surface area contributed by atoms with Crippen molar-refractivity contribution in [3.05, 3.63) is 6.33 Å². The van der Waals surface area contributed by atoms with Crippen LogP contribution in [0.4, 0.5) is 0 Å². The Morgan fingerprint density at radius 1 is 1.41 bits per heavy atom. The maximum absolute atomic E-state index is 5.50. The van der Waals surface area contributed by atoms with Crippen LogP contribution in [-0.2, 0) is 15.0 Å². The summed E-state index contributed by atoms with van der Waals surface area (Å²) < 4.78 is 12.9. The summed E-state index contributed by atoms with van der Waals surface area (Å²) in [5.74, 6) is 0.759. The number of nitrogens with zero attached hydrogens (tertiary/aromatic N) is 3. The summed E-state index contributed by atoms with van der Waals surface area (Å²) in [6.45, 7) is 7.91. The Labute approximate surface area is 106 Å². The molecule has 17 heavy (non-hydrogen) atoms. The number of hydrogen-bond donors (Lipinski definition) is 0. The van der Waals surface area contributed by atoms with Gasteiger partial charge in [0.2, 0.25) is 0 Å². The van der Waals surface area contributed by atoms with Crippen molar-refractivity contribution in [1.82, 2.24) is 14.8 Å². The van der Waals surface area contributed by atoms with E-state index in [1.807, 2.05) is 4.68 Å². The van der Waals surface area contributed by atoms with Crippen LogP contribution in [0.2, 0.25) is 0 Å². The quantitative estimate of drug-likeness (QED) is 0.774. The minimum Gasteiger partial charge on any atom is -0.352 e. The van der Waals surface area contributed by atoms with Gasteiger partial charge in [-0.15, -0.1) is 0 Å². The van der Waals surface area contributed by atoms with Gasteiger partial charge in [-0.05, 0) is 27.2 Å². The fourth-order valence-electron chi connectivity index (χ4n) is 1.56. The van der Waals surface area contributed by atoms with Gasteiger partial charge in [0.15, 0.2) is 11.4 Å². The Balaban J connectivity index is 1.92. The van der Waals surface area contributed by atoms with Crippen molar-refractivity contribution in [2.45, 2.75) is 44.2 Å². The van der Waals surface area contributed by atoms with Gasteiger partial charge in [0, 0.05) is 0 Å². The predicted octanol–water partition coefficient (Wildman–Crippen LogP) is 1.89. The van der Waals surface area contributed by atoms with Gasteiger partial charge in [-0.2, -0.15) is 5.10 Å². The summed E-state index contributed by atoms with van der Waals surface area (Å²) in [6, 6.07) is 0. The Hall–Kier alpha value is -0.590. The highest BCUT2D eigenvalue weighted by Gasteiger charge is 2.21. The number of thioether (sulfide) groups is 1. The standard InChI is InChI=1S/C11H19N3O2S/c1-11(2,3)14-10(12-8-13-14)17-7-9-15-5-4-6-16-9/h8-9H,4-7H2,1-3H3. The maximum atomic E-state index is 5.50. The fraction of sp³-hybridized carbons (Fsp3) is 0.818. The molecule has 6 heteroatoms. The summed E-state index contributed by atoms with van der Waals surface area (Å²) in [4.78, 5) is 4.27. The number of aromatic nitrogens is 3. The monoisotopic (exact) mass is 257 g/mol. The molecule has 0 radical (unpaired) electrons. The lowest BCUT2D eigenvalue weighted by Crippen LogP contribution is -2.28. The van der Waals surface area contributed by atoms with Crippen LogP contribution in [0.3, 0.4) is 0 Å². The Morgan fingerprint density at radius 3 is 2.76 bits per heavy atom. The van der Waals surface area contributed by atoms with E-state index < -0.39 is 0 Å². The summed E-state index contributed by atoms with van der Waals surface area (Å²) in [6.07, 6.45) is 2.47. The molecule has 0 bridgehead atoms. The van der Waals surface area contributed by atoms with Gasteiger partial charge in [-0.25, -0.2) is 9.67 Å². The van der Waals surface area contributed by atoms with Crippen molar-refractivity contribution in [3.63, 3.8) is 0 Å². The molecule has 0 aliphatic carbocycles. The molecule has 2 rings (SSSR count). The van der Waals surface area contributed by atoms with Gasteiger partial charge < -0.3 is 9.47 Å². The van der Waals surface area contributed by atoms with E-state index in [0.29, 0.717) is 0 Å². The van der Waals surface area contributed by atoms with Crippen LogP contribution in [0, 0.1) is 0 Å². The van der Waals surface area contributed by atoms with Gasteiger partial charge in [0.05, 0.1) is 24.5 Å². The molecule has 0 atom stereocenters. The van der Waals surface area contributed by atoms with Gasteiger partial charge in [0.25, 0.3) is 0 Å². The lowest BCUT2D eigenvalue weighted by Gasteiger charge is -2.24. The first-order chi connectivity index (χ1) is 8.07. The van der Waals surface area contributed by atoms with Crippen molar-refractivity contribution in [2.24, 2.45) is 0 Å². The molecule has 0 spiro atoms. The lowest BCUT2D eigenvalue weighted by atomic mass is 10.1. The zero-order valence-electron chi connectivity index (χ0n) is 10.5. The highest BCUT2D eigenvalue weighted by atomic mass is 32.2. The normalized spacial score (nSPS) is 18.5. The summed E-state index contributed by atoms with van der Waals surface area (Å²) in [5.41, 5.74) is -0.0485. The molecular weight excluding hydrogens is 238 g/mol. The predicted molar refractivity (Wildman–Crippen MR) is 66.1 cm³/mol. The molecule has 0 saturated carbocycles. The summed E-state index contributed by atoms with van der Waals surface area (Å²) >= 11 is 1.63. The topological polar surface area (TPSA) is 49.2 Å². The molecule has 0 N–H and O–H groups in total. The van der Waals surface area contributed by atoms with E-state index in [4.69, 9.17) is 9.47 Å². The second kappa shape index (κ2) is 5.37. The molecule has 5 nitrogen and oxygen atoms in total. The molecular formula is C11H19N3O2S. The highest BCUT2D eigenvalue weighted by molar-refractivity contribution is 7.99. The lowest BCUT2D eigenvalue weighted by molar-refractivity contribution is -0.164. The van der Waals surface area contributed by atoms with E-state index in [1.54, 1.807) is 18.1 Å². The Bertz CT molecular complexity index is 356. The molecule has 0 unspecified atom stereocenters. The van der Waals surface area contributed by atoms with Gasteiger partial charge in [-0.1, -0.05) is 11.8 Å². The number of hydrogen-bond acceptors (Lipinski definition) is 5. The van der Waals surface area contributed by atoms with Crippen LogP contribution >= 0.6 is 11.8 Å². The van der Waals surface area contributed by atoms with Crippen molar-refractivity contribution in [2.75, 3.05) is 19.0 Å². The molecule has 0 amide bonds. The van der Waals surface area contributed by atoms with Gasteiger partial charge >= 0.3 is 0 Å². The first kappa shape index (κ1) is 12.9. The third-order valence-corrected chi connectivity index (χ3v) is 3.37. The SMILES string of the molecule is CC(C)(C)n1ncnc1SCC1OCCCO1. The smallest absolute Gasteiger partial charge is 0.186 e. The number of ether oxygens (including phenoxy) is 2. The maximum Gasteiger partial charge on any atom is 0.186 e. The molecule has 1 aliphatic rings. The second-order valence-electron chi connectivity index (χ2n) is 4.96. The molecule has 1 aromatic rings. The Morgan fingerprint density at radius 2 is 2.12 bits per heavy atom. The Kier molecular flexibility index (Phi) is 4.06. The molecule has 1 aromatic heterocycles. The number of rotatable bonds is 3. The average Bonchev–Trinajstić information content (AvgIpc) is 2.75. The van der Waals surface area contributed by atoms with Crippen LogP contribution in [0.15, 0.2) is 11.5 Å². The third kappa shape index (κ3) is 3.43. The largest absolute Gasteiger partial charge is 0.352 e. The van der Waals surface area contributed by atoms with Crippen molar-refractivity contribution in [1.29, 1.82) is 0 Å². The first-order valence-electron chi connectivity index (χ1n) is 5.84. The summed E-state index contributed by atoms with van der Waals surface area (Å²) in [5, 5.41) is 5.17. The second-order valence-corrected chi connectivity index (χ2v) is 5.95. The minimum absolute atomic E-state index is 0.0485. The van der Waals surface area contributed by atoms with E-state index in [2.05, 4.69) is 30.9 Å². The molecule has 1 fully saturated rings. The van der Waals surface area contributed by atoms with E-state index in [-0.39, 0.29) is 11.8 Å². The average molecular weight is 257 g/mol. The fourth-order valence-corrected chi connectivity index (χ4v) is 2.61. The third-order valence-electron chi connectivity index (χ3n) is 2.40. The van der Waals surface area contributed by atoms with E-state index in [9.17, 15) is 0 Å². The van der Waals surface area contributed by atoms with E-state index in [0.717, 1.165) is 30.5 Å². The van der Waals surface area contributed by atoms with Crippen LogP contribution < -0.4 is 0 Å². The van der Waals surface area contributed by atoms with Crippen LogP contribution in [0.5, 0.6) is 0 Å². The van der Waals surface area contributed by atoms with Gasteiger partial charge in [0.1, 0.15) is 6.33 Å². The van der Waals surface area contributed by atoms with Crippen molar-refractivity contribution in [3.8, 4) is 0 Å². The van der Waals surface area contributed by atoms with Crippen LogP contribution in [-0.4, -0.2) is 40.0 Å². The van der Waals surface area contributed by atoms with Crippen LogP contribution in [0.1, 0.15) is 27.2 Å². The first-order valence-corrected chi connectivity index (χ1v) is 6.82. The van der Waals surface area contributed by atoms with E-state index in [1.165, 1.54) is 0 Å². The van der Waals surface area contributed by atoms with Crippen molar-refractivity contribution >= 4 is 11.8 Å².